The first-order chi connectivity index (χ1) is 14.2. The van der Waals surface area contributed by atoms with Gasteiger partial charge in [-0.05, 0) is 52.2 Å². The van der Waals surface area contributed by atoms with Crippen LogP contribution in [0.3, 0.4) is 0 Å². The lowest BCUT2D eigenvalue weighted by molar-refractivity contribution is 0.0206. The number of aryl methyl sites for hydroxylation is 1. The topological polar surface area (TPSA) is 103 Å². The van der Waals surface area contributed by atoms with Gasteiger partial charge in [0.1, 0.15) is 23.8 Å². The third kappa shape index (κ3) is 5.23. The third-order valence-electron chi connectivity index (χ3n) is 4.73. The van der Waals surface area contributed by atoms with Crippen LogP contribution in [0.25, 0.3) is 10.9 Å². The molecule has 0 spiro atoms. The highest BCUT2D eigenvalue weighted by Crippen LogP contribution is 2.30. The fourth-order valence-electron chi connectivity index (χ4n) is 3.45. The summed E-state index contributed by atoms with van der Waals surface area (Å²) in [5, 5.41) is 4.29. The van der Waals surface area contributed by atoms with E-state index in [9.17, 15) is 4.79 Å². The van der Waals surface area contributed by atoms with E-state index in [-0.39, 0.29) is 24.7 Å². The second-order valence-corrected chi connectivity index (χ2v) is 8.47. The molecule has 1 aliphatic rings. The van der Waals surface area contributed by atoms with Crippen LogP contribution >= 0.6 is 0 Å². The van der Waals surface area contributed by atoms with Crippen LogP contribution in [0, 0.1) is 19.3 Å². The molecule has 1 aromatic carbocycles. The molecular formula is C22H29N5O3. The molecule has 3 N–H and O–H groups in total. The van der Waals surface area contributed by atoms with Crippen LogP contribution in [0.5, 0.6) is 5.75 Å². The summed E-state index contributed by atoms with van der Waals surface area (Å²) in [6, 6.07) is 3.80. The zero-order valence-electron chi connectivity index (χ0n) is 18.0. The first kappa shape index (κ1) is 21.5. The average molecular weight is 412 g/mol. The van der Waals surface area contributed by atoms with Crippen molar-refractivity contribution in [1.29, 1.82) is 0 Å². The van der Waals surface area contributed by atoms with E-state index in [1.165, 1.54) is 0 Å². The number of carbonyl (C=O) groups is 1. The number of fused-ring (bicyclic) bond motifs is 1. The van der Waals surface area contributed by atoms with Gasteiger partial charge in [-0.1, -0.05) is 5.92 Å². The summed E-state index contributed by atoms with van der Waals surface area (Å²) in [5.41, 5.74) is 7.01. The Balaban J connectivity index is 1.82. The number of anilines is 2. The van der Waals surface area contributed by atoms with Gasteiger partial charge >= 0.3 is 6.09 Å². The molecule has 2 aromatic rings. The van der Waals surface area contributed by atoms with E-state index >= 15 is 0 Å². The van der Waals surface area contributed by atoms with Gasteiger partial charge in [0.25, 0.3) is 0 Å². The minimum absolute atomic E-state index is 0.0291. The van der Waals surface area contributed by atoms with Gasteiger partial charge in [-0.3, -0.25) is 0 Å². The average Bonchev–Trinajstić information content (AvgIpc) is 2.66. The maximum atomic E-state index is 12.4. The molecule has 3 rings (SSSR count). The molecule has 0 bridgehead atoms. The normalized spacial score (nSPS) is 16.8. The van der Waals surface area contributed by atoms with Gasteiger partial charge in [0.2, 0.25) is 5.95 Å². The highest BCUT2D eigenvalue weighted by molar-refractivity contribution is 5.92. The van der Waals surface area contributed by atoms with Gasteiger partial charge < -0.3 is 25.4 Å². The fourth-order valence-corrected chi connectivity index (χ4v) is 3.45. The van der Waals surface area contributed by atoms with Crippen molar-refractivity contribution in [3.8, 4) is 18.1 Å². The first-order valence-electron chi connectivity index (χ1n) is 10.0. The van der Waals surface area contributed by atoms with Gasteiger partial charge in [0, 0.05) is 30.6 Å². The molecule has 1 saturated heterocycles. The van der Waals surface area contributed by atoms with E-state index < -0.39 is 5.60 Å². The Hall–Kier alpha value is -3.21. The zero-order chi connectivity index (χ0) is 21.9. The molecule has 1 fully saturated rings. The second-order valence-electron chi connectivity index (χ2n) is 8.47. The predicted molar refractivity (Wildman–Crippen MR) is 117 cm³/mol. The lowest BCUT2D eigenvalue weighted by atomic mass is 10.1. The maximum Gasteiger partial charge on any atom is 0.410 e. The Kier molecular flexibility index (Phi) is 6.20. The lowest BCUT2D eigenvalue weighted by Gasteiger charge is -2.34. The van der Waals surface area contributed by atoms with Gasteiger partial charge in [-0.2, -0.15) is 4.98 Å². The van der Waals surface area contributed by atoms with Crippen molar-refractivity contribution in [3.05, 3.63) is 17.7 Å². The number of hydrogen-bond acceptors (Lipinski definition) is 7. The summed E-state index contributed by atoms with van der Waals surface area (Å²) in [5.74, 6) is 3.93. The number of nitrogens with one attached hydrogen (secondary N) is 1. The largest absolute Gasteiger partial charge is 0.481 e. The molecule has 8 nitrogen and oxygen atoms in total. The Morgan fingerprint density at radius 3 is 2.87 bits per heavy atom. The molecule has 0 aliphatic carbocycles. The number of piperidine rings is 1. The molecule has 0 saturated carbocycles. The van der Waals surface area contributed by atoms with E-state index in [2.05, 4.69) is 21.2 Å². The monoisotopic (exact) mass is 411 g/mol. The minimum atomic E-state index is -0.522. The van der Waals surface area contributed by atoms with Crippen LogP contribution in [0.2, 0.25) is 0 Å². The van der Waals surface area contributed by atoms with Crippen LogP contribution in [-0.4, -0.2) is 52.3 Å². The minimum Gasteiger partial charge on any atom is -0.481 e. The quantitative estimate of drug-likeness (QED) is 0.744. The summed E-state index contributed by atoms with van der Waals surface area (Å²) in [4.78, 5) is 22.9. The SMILES string of the molecule is C#CCOc1cc2nc(N)nc(N[C@@H]3CCCN(C(=O)OC(C)(C)C)C3)c2cc1C. The number of nitrogens with two attached hydrogens (primary N) is 1. The Morgan fingerprint density at radius 2 is 2.17 bits per heavy atom. The van der Waals surface area contributed by atoms with E-state index in [0.717, 1.165) is 23.8 Å². The van der Waals surface area contributed by atoms with Gasteiger partial charge in [0.05, 0.1) is 5.52 Å². The van der Waals surface area contributed by atoms with Crippen molar-refractivity contribution in [1.82, 2.24) is 14.9 Å². The number of benzene rings is 1. The highest BCUT2D eigenvalue weighted by Gasteiger charge is 2.28. The first-order valence-corrected chi connectivity index (χ1v) is 10.0. The Morgan fingerprint density at radius 1 is 1.40 bits per heavy atom. The number of nitrogens with zero attached hydrogens (tertiary/aromatic N) is 3. The van der Waals surface area contributed by atoms with E-state index in [0.29, 0.717) is 30.2 Å². The molecule has 8 heteroatoms. The number of ether oxygens (including phenoxy) is 2. The number of rotatable bonds is 4. The van der Waals surface area contributed by atoms with Crippen LogP contribution in [0.1, 0.15) is 39.2 Å². The van der Waals surface area contributed by atoms with Crippen LogP contribution in [0.4, 0.5) is 16.6 Å². The molecule has 1 aliphatic heterocycles. The maximum absolute atomic E-state index is 12.4. The second kappa shape index (κ2) is 8.66. The number of amides is 1. The van der Waals surface area contributed by atoms with Gasteiger partial charge in [-0.25, -0.2) is 9.78 Å². The lowest BCUT2D eigenvalue weighted by Crippen LogP contribution is -2.47. The number of likely N-dealkylation sites (tertiary alicyclic amines) is 1. The van der Waals surface area contributed by atoms with Crippen molar-refractivity contribution in [2.24, 2.45) is 0 Å². The van der Waals surface area contributed by atoms with E-state index in [1.807, 2.05) is 39.8 Å². The van der Waals surface area contributed by atoms with Crippen molar-refractivity contribution < 1.29 is 14.3 Å². The summed E-state index contributed by atoms with van der Waals surface area (Å²) in [7, 11) is 0. The fraction of sp³-hybridized carbons (Fsp3) is 0.500. The van der Waals surface area contributed by atoms with Crippen molar-refractivity contribution >= 4 is 28.8 Å². The van der Waals surface area contributed by atoms with E-state index in [4.69, 9.17) is 21.6 Å². The molecule has 2 heterocycles. The highest BCUT2D eigenvalue weighted by atomic mass is 16.6. The standard InChI is InChI=1S/C22H29N5O3/c1-6-10-29-18-12-17-16(11-14(18)2)19(26-20(23)25-17)24-15-8-7-9-27(13-15)21(28)30-22(3,4)5/h1,11-12,15H,7-10,13H2,2-5H3,(H3,23,24,25,26)/t15-/m1/s1. The number of hydrogen-bond donors (Lipinski definition) is 2. The number of nitrogen functional groups attached to an aromatic ring is 1. The predicted octanol–water partition coefficient (Wildman–Crippen LogP) is 3.34. The molecule has 1 amide bonds. The molecule has 1 aromatic heterocycles. The molecule has 30 heavy (non-hydrogen) atoms. The van der Waals surface area contributed by atoms with Crippen LogP contribution in [0.15, 0.2) is 12.1 Å². The van der Waals surface area contributed by atoms with Gasteiger partial charge in [0.15, 0.2) is 0 Å². The summed E-state index contributed by atoms with van der Waals surface area (Å²) < 4.78 is 11.1. The van der Waals surface area contributed by atoms with Crippen LogP contribution < -0.4 is 15.8 Å². The summed E-state index contributed by atoms with van der Waals surface area (Å²) in [6.45, 7) is 8.92. The molecular weight excluding hydrogens is 382 g/mol. The van der Waals surface area contributed by atoms with Crippen molar-refractivity contribution in [2.75, 3.05) is 30.7 Å². The summed E-state index contributed by atoms with van der Waals surface area (Å²) >= 11 is 0. The molecule has 0 unspecified atom stereocenters. The smallest absolute Gasteiger partial charge is 0.410 e. The Bertz CT molecular complexity index is 977. The molecule has 1 atom stereocenters. The van der Waals surface area contributed by atoms with E-state index in [1.54, 1.807) is 4.90 Å². The van der Waals surface area contributed by atoms with Gasteiger partial charge in [-0.15, -0.1) is 6.42 Å². The summed E-state index contributed by atoms with van der Waals surface area (Å²) in [6.07, 6.45) is 6.77. The zero-order valence-corrected chi connectivity index (χ0v) is 18.0. The number of terminal acetylenes is 1. The molecule has 160 valence electrons. The number of aromatic nitrogens is 2. The number of carbonyl (C=O) groups excluding carboxylic acids is 1. The van der Waals surface area contributed by atoms with Crippen molar-refractivity contribution in [3.63, 3.8) is 0 Å². The third-order valence-corrected chi connectivity index (χ3v) is 4.73. The van der Waals surface area contributed by atoms with Crippen molar-refractivity contribution in [2.45, 2.75) is 52.2 Å². The van der Waals surface area contributed by atoms with Crippen LogP contribution in [-0.2, 0) is 4.74 Å². The molecule has 0 radical (unpaired) electrons. The Labute approximate surface area is 177 Å².